The molecule has 0 bridgehead atoms. The van der Waals surface area contributed by atoms with Crippen LogP contribution in [0.5, 0.6) is 0 Å². The first kappa shape index (κ1) is 16.2. The van der Waals surface area contributed by atoms with Crippen LogP contribution in [0.4, 0.5) is 5.69 Å². The van der Waals surface area contributed by atoms with Crippen LogP contribution >= 0.6 is 11.3 Å². The second-order valence-electron chi connectivity index (χ2n) is 5.11. The number of carboxylic acids is 1. The average molecular weight is 318 g/mol. The predicted octanol–water partition coefficient (Wildman–Crippen LogP) is 3.66. The third kappa shape index (κ3) is 3.51. The fraction of sp³-hybridized carbons (Fsp3) is 0.312. The van der Waals surface area contributed by atoms with Crippen LogP contribution in [0.2, 0.25) is 0 Å². The first-order valence-electron chi connectivity index (χ1n) is 7.03. The van der Waals surface area contributed by atoms with Gasteiger partial charge in [-0.15, -0.1) is 11.3 Å². The smallest absolute Gasteiger partial charge is 0.336 e. The molecule has 5 nitrogen and oxygen atoms in total. The number of aromatic carboxylic acids is 1. The fourth-order valence-corrected chi connectivity index (χ4v) is 3.06. The third-order valence-corrected chi connectivity index (χ3v) is 4.35. The van der Waals surface area contributed by atoms with Crippen LogP contribution in [0, 0.1) is 13.8 Å². The minimum Gasteiger partial charge on any atom is -0.478 e. The summed E-state index contributed by atoms with van der Waals surface area (Å²) in [4.78, 5) is 28.2. The number of nitrogens with one attached hydrogen (secondary N) is 1. The minimum absolute atomic E-state index is 0.192. The van der Waals surface area contributed by atoms with Crippen molar-refractivity contribution in [1.29, 1.82) is 0 Å². The molecule has 0 unspecified atom stereocenters. The van der Waals surface area contributed by atoms with E-state index < -0.39 is 5.97 Å². The Labute approximate surface area is 133 Å². The molecular formula is C16H18N2O3S. The van der Waals surface area contributed by atoms with Crippen molar-refractivity contribution in [3.05, 3.63) is 44.9 Å². The molecule has 1 heterocycles. The molecule has 2 aromatic rings. The summed E-state index contributed by atoms with van der Waals surface area (Å²) < 4.78 is 0. The van der Waals surface area contributed by atoms with Gasteiger partial charge in [-0.1, -0.05) is 13.0 Å². The van der Waals surface area contributed by atoms with E-state index in [0.717, 1.165) is 23.4 Å². The van der Waals surface area contributed by atoms with Crippen LogP contribution in [0.25, 0.3) is 0 Å². The van der Waals surface area contributed by atoms with E-state index in [0.29, 0.717) is 16.1 Å². The largest absolute Gasteiger partial charge is 0.478 e. The number of carboxylic acid groups (broad SMARTS) is 1. The Bertz CT molecular complexity index is 722. The van der Waals surface area contributed by atoms with Gasteiger partial charge in [0.05, 0.1) is 16.8 Å². The predicted molar refractivity (Wildman–Crippen MR) is 86.9 cm³/mol. The summed E-state index contributed by atoms with van der Waals surface area (Å²) in [5, 5.41) is 12.9. The molecule has 1 aromatic heterocycles. The third-order valence-electron chi connectivity index (χ3n) is 3.29. The summed E-state index contributed by atoms with van der Waals surface area (Å²) in [5.41, 5.74) is 2.20. The van der Waals surface area contributed by atoms with Gasteiger partial charge in [0.25, 0.3) is 5.91 Å². The number of thiazole rings is 1. The van der Waals surface area contributed by atoms with E-state index in [9.17, 15) is 14.7 Å². The van der Waals surface area contributed by atoms with Crippen LogP contribution in [0.15, 0.2) is 18.3 Å². The Morgan fingerprint density at radius 1 is 1.27 bits per heavy atom. The zero-order chi connectivity index (χ0) is 16.3. The van der Waals surface area contributed by atoms with E-state index in [1.165, 1.54) is 17.4 Å². The van der Waals surface area contributed by atoms with E-state index in [1.54, 1.807) is 19.2 Å². The minimum atomic E-state index is -1.00. The van der Waals surface area contributed by atoms with E-state index in [4.69, 9.17) is 0 Å². The molecule has 1 amide bonds. The fourth-order valence-electron chi connectivity index (χ4n) is 2.15. The van der Waals surface area contributed by atoms with Crippen LogP contribution in [-0.4, -0.2) is 22.0 Å². The molecule has 2 N–H and O–H groups in total. The van der Waals surface area contributed by atoms with Gasteiger partial charge in [-0.2, -0.15) is 0 Å². The van der Waals surface area contributed by atoms with Gasteiger partial charge in [-0.05, 0) is 43.9 Å². The number of aryl methyl sites for hydroxylation is 3. The highest BCUT2D eigenvalue weighted by Crippen LogP contribution is 2.23. The standard InChI is InChI=1S/C16H18N2O3S/c1-4-5-14-17-8-13(22-14)15(19)18-12-7-11(16(20)21)9(2)6-10(12)3/h6-8H,4-5H2,1-3H3,(H,18,19)(H,20,21). The molecule has 0 saturated carbocycles. The summed E-state index contributed by atoms with van der Waals surface area (Å²) >= 11 is 1.36. The van der Waals surface area contributed by atoms with Crippen LogP contribution < -0.4 is 5.32 Å². The molecule has 2 rings (SSSR count). The Balaban J connectivity index is 2.23. The number of carbonyl (C=O) groups excluding carboxylic acids is 1. The Morgan fingerprint density at radius 3 is 2.64 bits per heavy atom. The van der Waals surface area contributed by atoms with Crippen molar-refractivity contribution in [1.82, 2.24) is 4.98 Å². The number of hydrogen-bond acceptors (Lipinski definition) is 4. The zero-order valence-corrected chi connectivity index (χ0v) is 13.6. The number of hydrogen-bond donors (Lipinski definition) is 2. The molecular weight excluding hydrogens is 300 g/mol. The van der Waals surface area contributed by atoms with Crippen molar-refractivity contribution in [2.45, 2.75) is 33.6 Å². The highest BCUT2D eigenvalue weighted by molar-refractivity contribution is 7.13. The first-order valence-corrected chi connectivity index (χ1v) is 7.84. The molecule has 116 valence electrons. The van der Waals surface area contributed by atoms with Gasteiger partial charge in [0.1, 0.15) is 4.88 Å². The molecule has 1 aromatic carbocycles. The maximum Gasteiger partial charge on any atom is 0.336 e. The zero-order valence-electron chi connectivity index (χ0n) is 12.8. The summed E-state index contributed by atoms with van der Waals surface area (Å²) in [6.45, 7) is 5.63. The molecule has 0 aliphatic carbocycles. The molecule has 0 atom stereocenters. The first-order chi connectivity index (χ1) is 10.4. The highest BCUT2D eigenvalue weighted by atomic mass is 32.1. The highest BCUT2D eigenvalue weighted by Gasteiger charge is 2.15. The molecule has 22 heavy (non-hydrogen) atoms. The number of benzene rings is 1. The van der Waals surface area contributed by atoms with Crippen molar-refractivity contribution in [2.75, 3.05) is 5.32 Å². The van der Waals surface area contributed by atoms with Crippen molar-refractivity contribution >= 4 is 28.9 Å². The maximum absolute atomic E-state index is 12.3. The second kappa shape index (κ2) is 6.70. The molecule has 0 saturated heterocycles. The van der Waals surface area contributed by atoms with Crippen LogP contribution in [0.1, 0.15) is 49.5 Å². The van der Waals surface area contributed by atoms with Gasteiger partial charge < -0.3 is 10.4 Å². The van der Waals surface area contributed by atoms with Crippen LogP contribution in [0.3, 0.4) is 0 Å². The lowest BCUT2D eigenvalue weighted by Gasteiger charge is -2.10. The van der Waals surface area contributed by atoms with Gasteiger partial charge in [0, 0.05) is 5.69 Å². The van der Waals surface area contributed by atoms with Crippen molar-refractivity contribution in [3.8, 4) is 0 Å². The Kier molecular flexibility index (Phi) is 4.92. The second-order valence-corrected chi connectivity index (χ2v) is 6.22. The summed E-state index contributed by atoms with van der Waals surface area (Å²) in [6.07, 6.45) is 3.39. The van der Waals surface area contributed by atoms with Crippen LogP contribution in [-0.2, 0) is 6.42 Å². The van der Waals surface area contributed by atoms with Crippen molar-refractivity contribution < 1.29 is 14.7 Å². The van der Waals surface area contributed by atoms with E-state index in [-0.39, 0.29) is 11.5 Å². The normalized spacial score (nSPS) is 10.5. The van der Waals surface area contributed by atoms with Gasteiger partial charge in [-0.3, -0.25) is 4.79 Å². The number of nitrogens with zero attached hydrogens (tertiary/aromatic N) is 1. The Morgan fingerprint density at radius 2 is 2.00 bits per heavy atom. The van der Waals surface area contributed by atoms with E-state index in [2.05, 4.69) is 17.2 Å². The average Bonchev–Trinajstić information content (AvgIpc) is 2.90. The number of carbonyl (C=O) groups is 2. The topological polar surface area (TPSA) is 79.3 Å². The molecule has 0 spiro atoms. The van der Waals surface area contributed by atoms with E-state index in [1.807, 2.05) is 6.92 Å². The number of aromatic nitrogens is 1. The Hall–Kier alpha value is -2.21. The number of rotatable bonds is 5. The number of amides is 1. The molecule has 0 radical (unpaired) electrons. The molecule has 0 aliphatic rings. The molecule has 6 heteroatoms. The summed E-state index contributed by atoms with van der Waals surface area (Å²) in [7, 11) is 0. The summed E-state index contributed by atoms with van der Waals surface area (Å²) in [6, 6.07) is 3.26. The number of anilines is 1. The van der Waals surface area contributed by atoms with Crippen molar-refractivity contribution in [3.63, 3.8) is 0 Å². The van der Waals surface area contributed by atoms with E-state index >= 15 is 0 Å². The SMILES string of the molecule is CCCc1ncc(C(=O)Nc2cc(C(=O)O)c(C)cc2C)s1. The lowest BCUT2D eigenvalue weighted by atomic mass is 10.0. The van der Waals surface area contributed by atoms with Crippen molar-refractivity contribution in [2.24, 2.45) is 0 Å². The van der Waals surface area contributed by atoms with Gasteiger partial charge >= 0.3 is 5.97 Å². The molecule has 0 aliphatic heterocycles. The lowest BCUT2D eigenvalue weighted by Crippen LogP contribution is -2.12. The monoisotopic (exact) mass is 318 g/mol. The quantitative estimate of drug-likeness (QED) is 0.881. The van der Waals surface area contributed by atoms with Gasteiger partial charge in [0.15, 0.2) is 0 Å². The maximum atomic E-state index is 12.3. The van der Waals surface area contributed by atoms with Gasteiger partial charge in [-0.25, -0.2) is 9.78 Å². The molecule has 0 fully saturated rings. The lowest BCUT2D eigenvalue weighted by molar-refractivity contribution is 0.0695. The van der Waals surface area contributed by atoms with Gasteiger partial charge in [0.2, 0.25) is 0 Å². The summed E-state index contributed by atoms with van der Waals surface area (Å²) in [5.74, 6) is -1.26.